The Morgan fingerprint density at radius 3 is 1.55 bits per heavy atom. The number of aliphatic hydroxyl groups is 1. The van der Waals surface area contributed by atoms with Crippen molar-refractivity contribution in [3.63, 3.8) is 0 Å². The molecule has 0 rings (SSSR count). The minimum absolute atomic E-state index is 0.00773. The number of esters is 1. The first-order chi connectivity index (χ1) is 14.2. The van der Waals surface area contributed by atoms with Crippen LogP contribution in [0.5, 0.6) is 0 Å². The average Bonchev–Trinajstić information content (AvgIpc) is 2.73. The third kappa shape index (κ3) is 21.9. The van der Waals surface area contributed by atoms with E-state index >= 15 is 0 Å². The van der Waals surface area contributed by atoms with E-state index in [2.05, 4.69) is 13.8 Å². The smallest absolute Gasteiger partial charge is 0.305 e. The number of rotatable bonds is 23. The molecule has 3 nitrogen and oxygen atoms in total. The molecule has 0 saturated carbocycles. The highest BCUT2D eigenvalue weighted by Gasteiger charge is 2.09. The predicted octanol–water partition coefficient (Wildman–Crippen LogP) is 7.98. The largest absolute Gasteiger partial charge is 0.465 e. The Hall–Kier alpha value is -0.570. The molecule has 1 atom stereocenters. The first kappa shape index (κ1) is 28.4. The van der Waals surface area contributed by atoms with E-state index in [9.17, 15) is 4.79 Å². The summed E-state index contributed by atoms with van der Waals surface area (Å²) in [6.45, 7) is 5.38. The molecule has 0 amide bonds. The molecule has 1 unspecified atom stereocenters. The van der Waals surface area contributed by atoms with Gasteiger partial charge in [-0.05, 0) is 25.2 Å². The molecule has 0 aromatic heterocycles. The molecule has 0 aromatic carbocycles. The van der Waals surface area contributed by atoms with E-state index < -0.39 is 0 Å². The summed E-state index contributed by atoms with van der Waals surface area (Å²) in [5.74, 6) is 0.559. The molecule has 174 valence electrons. The van der Waals surface area contributed by atoms with Gasteiger partial charge in [-0.2, -0.15) is 0 Å². The van der Waals surface area contributed by atoms with Crippen molar-refractivity contribution in [3.05, 3.63) is 0 Å². The van der Waals surface area contributed by atoms with E-state index in [1.807, 2.05) is 0 Å². The Morgan fingerprint density at radius 2 is 1.14 bits per heavy atom. The lowest BCUT2D eigenvalue weighted by Gasteiger charge is -2.14. The summed E-state index contributed by atoms with van der Waals surface area (Å²) < 4.78 is 5.47. The number of unbranched alkanes of at least 4 members (excludes halogenated alkanes) is 15. The SMILES string of the molecule is CCCCC(CC)COC(=O)CCCCCCCCCCCCCCCCCO. The van der Waals surface area contributed by atoms with Gasteiger partial charge in [-0.3, -0.25) is 4.79 Å². The van der Waals surface area contributed by atoms with Crippen LogP contribution >= 0.6 is 0 Å². The van der Waals surface area contributed by atoms with Crippen LogP contribution < -0.4 is 0 Å². The zero-order valence-corrected chi connectivity index (χ0v) is 19.9. The maximum absolute atomic E-state index is 11.9. The first-order valence-corrected chi connectivity index (χ1v) is 13.0. The second-order valence-corrected chi connectivity index (χ2v) is 8.88. The molecule has 1 N–H and O–H groups in total. The molecule has 0 bridgehead atoms. The van der Waals surface area contributed by atoms with E-state index in [1.54, 1.807) is 0 Å². The van der Waals surface area contributed by atoms with Crippen LogP contribution in [0.15, 0.2) is 0 Å². The highest BCUT2D eigenvalue weighted by Crippen LogP contribution is 2.15. The van der Waals surface area contributed by atoms with Crippen LogP contribution in [-0.2, 0) is 9.53 Å². The van der Waals surface area contributed by atoms with Crippen molar-refractivity contribution in [2.24, 2.45) is 5.92 Å². The third-order valence-corrected chi connectivity index (χ3v) is 6.06. The highest BCUT2D eigenvalue weighted by atomic mass is 16.5. The van der Waals surface area contributed by atoms with Gasteiger partial charge in [0.15, 0.2) is 0 Å². The minimum atomic E-state index is 0.00773. The highest BCUT2D eigenvalue weighted by molar-refractivity contribution is 5.69. The van der Waals surface area contributed by atoms with Crippen molar-refractivity contribution in [2.75, 3.05) is 13.2 Å². The maximum Gasteiger partial charge on any atom is 0.305 e. The van der Waals surface area contributed by atoms with Gasteiger partial charge in [-0.1, -0.05) is 117 Å². The number of hydrogen-bond donors (Lipinski definition) is 1. The number of carbonyl (C=O) groups excluding carboxylic acids is 1. The number of ether oxygens (including phenoxy) is 1. The summed E-state index contributed by atoms with van der Waals surface area (Å²) in [5, 5.41) is 8.74. The summed E-state index contributed by atoms with van der Waals surface area (Å²) in [5.41, 5.74) is 0. The molecule has 0 fully saturated rings. The standard InChI is InChI=1S/C26H52O3/c1-3-5-21-25(4-2)24-29-26(28)22-19-17-15-13-11-9-7-6-8-10-12-14-16-18-20-23-27/h25,27H,3-24H2,1-2H3. The molecule has 0 aliphatic heterocycles. The predicted molar refractivity (Wildman–Crippen MR) is 125 cm³/mol. The number of carbonyl (C=O) groups is 1. The van der Waals surface area contributed by atoms with Crippen LogP contribution in [0.3, 0.4) is 0 Å². The zero-order valence-electron chi connectivity index (χ0n) is 19.9. The van der Waals surface area contributed by atoms with Gasteiger partial charge in [-0.25, -0.2) is 0 Å². The number of hydrogen-bond acceptors (Lipinski definition) is 3. The molecular formula is C26H52O3. The fraction of sp³-hybridized carbons (Fsp3) is 0.962. The van der Waals surface area contributed by atoms with Gasteiger partial charge in [0.2, 0.25) is 0 Å². The minimum Gasteiger partial charge on any atom is -0.465 e. The molecule has 29 heavy (non-hydrogen) atoms. The quantitative estimate of drug-likeness (QED) is 0.137. The van der Waals surface area contributed by atoms with Crippen LogP contribution in [0.4, 0.5) is 0 Å². The Balaban J connectivity index is 3.25. The van der Waals surface area contributed by atoms with Gasteiger partial charge in [-0.15, -0.1) is 0 Å². The van der Waals surface area contributed by atoms with E-state index in [1.165, 1.54) is 103 Å². The molecule has 0 spiro atoms. The van der Waals surface area contributed by atoms with Crippen molar-refractivity contribution in [1.82, 2.24) is 0 Å². The monoisotopic (exact) mass is 412 g/mol. The van der Waals surface area contributed by atoms with Crippen molar-refractivity contribution < 1.29 is 14.6 Å². The lowest BCUT2D eigenvalue weighted by Crippen LogP contribution is -2.13. The van der Waals surface area contributed by atoms with Crippen LogP contribution in [0.1, 0.15) is 142 Å². The molecule has 0 saturated heterocycles. The van der Waals surface area contributed by atoms with Gasteiger partial charge in [0, 0.05) is 13.0 Å². The molecular weight excluding hydrogens is 360 g/mol. The Morgan fingerprint density at radius 1 is 0.690 bits per heavy atom. The van der Waals surface area contributed by atoms with Crippen molar-refractivity contribution >= 4 is 5.97 Å². The lowest BCUT2D eigenvalue weighted by atomic mass is 10.0. The van der Waals surface area contributed by atoms with Gasteiger partial charge < -0.3 is 9.84 Å². The van der Waals surface area contributed by atoms with E-state index in [4.69, 9.17) is 9.84 Å². The van der Waals surface area contributed by atoms with Gasteiger partial charge in [0.25, 0.3) is 0 Å². The summed E-state index contributed by atoms with van der Waals surface area (Å²) >= 11 is 0. The fourth-order valence-corrected chi connectivity index (χ4v) is 3.86. The van der Waals surface area contributed by atoms with Crippen LogP contribution in [0, 0.1) is 5.92 Å². The Bertz CT molecular complexity index is 330. The van der Waals surface area contributed by atoms with E-state index in [0.29, 0.717) is 25.6 Å². The summed E-state index contributed by atoms with van der Waals surface area (Å²) in [7, 11) is 0. The summed E-state index contributed by atoms with van der Waals surface area (Å²) in [4.78, 5) is 11.9. The van der Waals surface area contributed by atoms with Crippen LogP contribution in [0.25, 0.3) is 0 Å². The van der Waals surface area contributed by atoms with Crippen LogP contribution in [-0.4, -0.2) is 24.3 Å². The molecule has 0 heterocycles. The molecule has 0 aliphatic carbocycles. The Labute approximate surface area is 182 Å². The van der Waals surface area contributed by atoms with E-state index in [0.717, 1.165) is 19.3 Å². The van der Waals surface area contributed by atoms with Gasteiger partial charge in [0.1, 0.15) is 0 Å². The van der Waals surface area contributed by atoms with Gasteiger partial charge >= 0.3 is 5.97 Å². The molecule has 3 heteroatoms. The van der Waals surface area contributed by atoms with Crippen molar-refractivity contribution in [1.29, 1.82) is 0 Å². The van der Waals surface area contributed by atoms with E-state index in [-0.39, 0.29) is 5.97 Å². The fourth-order valence-electron chi connectivity index (χ4n) is 3.86. The maximum atomic E-state index is 11.9. The second-order valence-electron chi connectivity index (χ2n) is 8.88. The van der Waals surface area contributed by atoms with Crippen molar-refractivity contribution in [3.8, 4) is 0 Å². The third-order valence-electron chi connectivity index (χ3n) is 6.06. The second kappa shape index (κ2) is 23.7. The molecule has 0 aromatic rings. The van der Waals surface area contributed by atoms with Crippen LogP contribution in [0.2, 0.25) is 0 Å². The molecule has 0 aliphatic rings. The molecule has 0 radical (unpaired) electrons. The zero-order chi connectivity index (χ0) is 21.4. The van der Waals surface area contributed by atoms with Gasteiger partial charge in [0.05, 0.1) is 6.61 Å². The Kier molecular flexibility index (Phi) is 23.2. The topological polar surface area (TPSA) is 46.5 Å². The lowest BCUT2D eigenvalue weighted by molar-refractivity contribution is -0.145. The normalized spacial score (nSPS) is 12.2. The van der Waals surface area contributed by atoms with Crippen molar-refractivity contribution in [2.45, 2.75) is 142 Å². The average molecular weight is 413 g/mol. The summed E-state index contributed by atoms with van der Waals surface area (Å²) in [6.07, 6.45) is 24.5. The number of aliphatic hydroxyl groups excluding tert-OH is 1. The summed E-state index contributed by atoms with van der Waals surface area (Å²) in [6, 6.07) is 0. The first-order valence-electron chi connectivity index (χ1n) is 13.0.